The van der Waals surface area contributed by atoms with Gasteiger partial charge in [0.15, 0.2) is 0 Å². The zero-order valence-electron chi connectivity index (χ0n) is 12.0. The summed E-state index contributed by atoms with van der Waals surface area (Å²) in [6.45, 7) is 6.72. The third-order valence-corrected chi connectivity index (χ3v) is 2.60. The van der Waals surface area contributed by atoms with Crippen molar-refractivity contribution >= 4 is 5.91 Å². The minimum atomic E-state index is 0.0713. The molecular formula is C13H24N4O2. The number of carbonyl (C=O) groups excluding carboxylic acids is 1. The molecule has 0 radical (unpaired) electrons. The SMILES string of the molecule is COCCNCc1nccn1CCC(=O)NC(C)C. The molecule has 0 aromatic carbocycles. The highest BCUT2D eigenvalue weighted by Crippen LogP contribution is 1.99. The topological polar surface area (TPSA) is 68.2 Å². The van der Waals surface area contributed by atoms with Gasteiger partial charge in [-0.25, -0.2) is 4.98 Å². The van der Waals surface area contributed by atoms with Crippen molar-refractivity contribution in [2.75, 3.05) is 20.3 Å². The van der Waals surface area contributed by atoms with E-state index in [-0.39, 0.29) is 11.9 Å². The normalized spacial score (nSPS) is 10.9. The van der Waals surface area contributed by atoms with Gasteiger partial charge in [-0.2, -0.15) is 0 Å². The standard InChI is InChI=1S/C13H24N4O2/c1-11(2)16-13(18)4-7-17-8-5-15-12(17)10-14-6-9-19-3/h5,8,11,14H,4,6-7,9-10H2,1-3H3,(H,16,18). The highest BCUT2D eigenvalue weighted by molar-refractivity contribution is 5.76. The Bertz CT molecular complexity index is 376. The zero-order valence-corrected chi connectivity index (χ0v) is 12.0. The first kappa shape index (κ1) is 15.7. The van der Waals surface area contributed by atoms with E-state index < -0.39 is 0 Å². The number of ether oxygens (including phenoxy) is 1. The summed E-state index contributed by atoms with van der Waals surface area (Å²) in [5, 5.41) is 6.12. The summed E-state index contributed by atoms with van der Waals surface area (Å²) >= 11 is 0. The Kier molecular flexibility index (Phi) is 7.14. The second-order valence-electron chi connectivity index (χ2n) is 4.68. The lowest BCUT2D eigenvalue weighted by Gasteiger charge is -2.10. The van der Waals surface area contributed by atoms with Crippen LogP contribution in [0.1, 0.15) is 26.1 Å². The molecule has 0 unspecified atom stereocenters. The van der Waals surface area contributed by atoms with Gasteiger partial charge in [0.2, 0.25) is 5.91 Å². The van der Waals surface area contributed by atoms with Gasteiger partial charge < -0.3 is 19.9 Å². The summed E-state index contributed by atoms with van der Waals surface area (Å²) in [5.41, 5.74) is 0. The summed E-state index contributed by atoms with van der Waals surface area (Å²) in [5.74, 6) is 1.01. The Morgan fingerprint density at radius 3 is 3.00 bits per heavy atom. The van der Waals surface area contributed by atoms with Crippen LogP contribution in [0.2, 0.25) is 0 Å². The Hall–Kier alpha value is -1.40. The third kappa shape index (κ3) is 6.35. The van der Waals surface area contributed by atoms with Crippen molar-refractivity contribution < 1.29 is 9.53 Å². The van der Waals surface area contributed by atoms with Gasteiger partial charge in [-0.05, 0) is 13.8 Å². The summed E-state index contributed by atoms with van der Waals surface area (Å²) in [7, 11) is 1.68. The van der Waals surface area contributed by atoms with Crippen molar-refractivity contribution in [2.24, 2.45) is 0 Å². The van der Waals surface area contributed by atoms with E-state index in [0.717, 1.165) is 12.4 Å². The van der Waals surface area contributed by atoms with Crippen molar-refractivity contribution in [3.05, 3.63) is 18.2 Å². The van der Waals surface area contributed by atoms with Crippen LogP contribution in [0.15, 0.2) is 12.4 Å². The van der Waals surface area contributed by atoms with E-state index in [9.17, 15) is 4.79 Å². The molecule has 0 saturated heterocycles. The molecule has 0 atom stereocenters. The largest absolute Gasteiger partial charge is 0.383 e. The summed E-state index contributed by atoms with van der Waals surface area (Å²) < 4.78 is 6.96. The van der Waals surface area contributed by atoms with Crippen LogP contribution in [0, 0.1) is 0 Å². The van der Waals surface area contributed by atoms with E-state index in [2.05, 4.69) is 15.6 Å². The predicted molar refractivity (Wildman–Crippen MR) is 73.7 cm³/mol. The van der Waals surface area contributed by atoms with Crippen LogP contribution in [0.25, 0.3) is 0 Å². The number of nitrogens with one attached hydrogen (secondary N) is 2. The Morgan fingerprint density at radius 1 is 1.53 bits per heavy atom. The molecule has 0 saturated carbocycles. The lowest BCUT2D eigenvalue weighted by atomic mass is 10.3. The van der Waals surface area contributed by atoms with Gasteiger partial charge in [-0.1, -0.05) is 0 Å². The minimum Gasteiger partial charge on any atom is -0.383 e. The molecule has 1 rings (SSSR count). The number of rotatable bonds is 9. The molecule has 2 N–H and O–H groups in total. The molecule has 6 nitrogen and oxygen atoms in total. The third-order valence-electron chi connectivity index (χ3n) is 2.60. The molecule has 0 aliphatic rings. The second-order valence-corrected chi connectivity index (χ2v) is 4.68. The molecule has 19 heavy (non-hydrogen) atoms. The quantitative estimate of drug-likeness (QED) is 0.641. The van der Waals surface area contributed by atoms with Crippen LogP contribution in [-0.4, -0.2) is 41.8 Å². The number of nitrogens with zero attached hydrogens (tertiary/aromatic N) is 2. The first-order valence-electron chi connectivity index (χ1n) is 6.62. The lowest BCUT2D eigenvalue weighted by molar-refractivity contribution is -0.121. The highest BCUT2D eigenvalue weighted by Gasteiger charge is 2.06. The van der Waals surface area contributed by atoms with E-state index in [4.69, 9.17) is 4.74 Å². The maximum Gasteiger partial charge on any atom is 0.221 e. The molecule has 6 heteroatoms. The van der Waals surface area contributed by atoms with E-state index >= 15 is 0 Å². The number of aromatic nitrogens is 2. The molecule has 1 amide bonds. The number of methoxy groups -OCH3 is 1. The number of hydrogen-bond donors (Lipinski definition) is 2. The number of imidazole rings is 1. The Balaban J connectivity index is 2.33. The molecule has 1 heterocycles. The van der Waals surface area contributed by atoms with Gasteiger partial charge in [-0.3, -0.25) is 4.79 Å². The molecule has 0 spiro atoms. The minimum absolute atomic E-state index is 0.0713. The van der Waals surface area contributed by atoms with Gasteiger partial charge in [0.1, 0.15) is 5.82 Å². The molecule has 0 bridgehead atoms. The van der Waals surface area contributed by atoms with Crippen molar-refractivity contribution in [2.45, 2.75) is 39.4 Å². The summed E-state index contributed by atoms with van der Waals surface area (Å²) in [6, 6.07) is 0.186. The Morgan fingerprint density at radius 2 is 2.32 bits per heavy atom. The van der Waals surface area contributed by atoms with Gasteiger partial charge >= 0.3 is 0 Å². The predicted octanol–water partition coefficient (Wildman–Crippen LogP) is 0.534. The fourth-order valence-electron chi connectivity index (χ4n) is 1.70. The van der Waals surface area contributed by atoms with Crippen molar-refractivity contribution in [3.63, 3.8) is 0 Å². The van der Waals surface area contributed by atoms with Crippen molar-refractivity contribution in [3.8, 4) is 0 Å². The van der Waals surface area contributed by atoms with Crippen LogP contribution >= 0.6 is 0 Å². The molecule has 108 valence electrons. The van der Waals surface area contributed by atoms with Gasteiger partial charge in [0.05, 0.1) is 13.2 Å². The average Bonchev–Trinajstić information content (AvgIpc) is 2.79. The first-order valence-corrected chi connectivity index (χ1v) is 6.62. The van der Waals surface area contributed by atoms with Crippen LogP contribution < -0.4 is 10.6 Å². The van der Waals surface area contributed by atoms with Gasteiger partial charge in [0, 0.05) is 45.1 Å². The summed E-state index contributed by atoms with van der Waals surface area (Å²) in [4.78, 5) is 15.9. The molecular weight excluding hydrogens is 244 g/mol. The molecule has 1 aromatic rings. The smallest absolute Gasteiger partial charge is 0.221 e. The Labute approximate surface area is 114 Å². The summed E-state index contributed by atoms with van der Waals surface area (Å²) in [6.07, 6.45) is 4.13. The van der Waals surface area contributed by atoms with Gasteiger partial charge in [-0.15, -0.1) is 0 Å². The maximum atomic E-state index is 11.6. The van der Waals surface area contributed by atoms with Crippen molar-refractivity contribution in [1.82, 2.24) is 20.2 Å². The van der Waals surface area contributed by atoms with E-state index in [0.29, 0.717) is 26.1 Å². The number of hydrogen-bond acceptors (Lipinski definition) is 4. The first-order chi connectivity index (χ1) is 9.13. The molecule has 1 aromatic heterocycles. The van der Waals surface area contributed by atoms with Crippen LogP contribution in [0.5, 0.6) is 0 Å². The fourth-order valence-corrected chi connectivity index (χ4v) is 1.70. The monoisotopic (exact) mass is 268 g/mol. The van der Waals surface area contributed by atoms with E-state index in [1.807, 2.05) is 24.6 Å². The van der Waals surface area contributed by atoms with Gasteiger partial charge in [0.25, 0.3) is 0 Å². The molecule has 0 aliphatic carbocycles. The highest BCUT2D eigenvalue weighted by atomic mass is 16.5. The fraction of sp³-hybridized carbons (Fsp3) is 0.692. The zero-order chi connectivity index (χ0) is 14.1. The average molecular weight is 268 g/mol. The van der Waals surface area contributed by atoms with Crippen LogP contribution in [-0.2, 0) is 22.6 Å². The van der Waals surface area contributed by atoms with Crippen LogP contribution in [0.3, 0.4) is 0 Å². The second kappa shape index (κ2) is 8.66. The molecule has 0 fully saturated rings. The number of amides is 1. The number of aryl methyl sites for hydroxylation is 1. The van der Waals surface area contributed by atoms with E-state index in [1.54, 1.807) is 13.3 Å². The van der Waals surface area contributed by atoms with E-state index in [1.165, 1.54) is 0 Å². The maximum absolute atomic E-state index is 11.6. The van der Waals surface area contributed by atoms with Crippen LogP contribution in [0.4, 0.5) is 0 Å². The number of carbonyl (C=O) groups is 1. The lowest BCUT2D eigenvalue weighted by Crippen LogP contribution is -2.31. The molecule has 0 aliphatic heterocycles. The van der Waals surface area contributed by atoms with Crippen molar-refractivity contribution in [1.29, 1.82) is 0 Å².